The van der Waals surface area contributed by atoms with Crippen LogP contribution < -0.4 is 17.0 Å². The standard InChI is InChI=1S/C9H17Cl2N4.ClH/c1-7-12-14(5)8(13(7)4)6-9(2,3)15(10)11;/h6H2,1-5H3;1H/q+1;/p-1. The molecule has 0 aliphatic carbocycles. The van der Waals surface area contributed by atoms with Crippen LogP contribution in [0.5, 0.6) is 0 Å². The van der Waals surface area contributed by atoms with E-state index in [1.807, 2.05) is 44.1 Å². The number of aryl methyl sites for hydroxylation is 2. The molecule has 1 aromatic rings. The van der Waals surface area contributed by atoms with Gasteiger partial charge in [-0.2, -0.15) is 0 Å². The Hall–Kier alpha value is -0.0300. The minimum atomic E-state index is -0.318. The molecule has 0 saturated carbocycles. The van der Waals surface area contributed by atoms with Crippen molar-refractivity contribution in [3.8, 4) is 0 Å². The molecule has 0 aliphatic rings. The highest BCUT2D eigenvalue weighted by Crippen LogP contribution is 2.23. The van der Waals surface area contributed by atoms with Crippen molar-refractivity contribution in [3.05, 3.63) is 11.6 Å². The first-order chi connectivity index (χ1) is 6.75. The van der Waals surface area contributed by atoms with Gasteiger partial charge >= 0.3 is 0 Å². The molecule has 94 valence electrons. The predicted octanol–water partition coefficient (Wildman–Crippen LogP) is -1.51. The van der Waals surface area contributed by atoms with E-state index < -0.39 is 0 Å². The minimum Gasteiger partial charge on any atom is -1.00 e. The fraction of sp³-hybridized carbons (Fsp3) is 0.778. The summed E-state index contributed by atoms with van der Waals surface area (Å²) in [7, 11) is 3.91. The molecule has 0 N–H and O–H groups in total. The molecule has 0 radical (unpaired) electrons. The second-order valence-corrected chi connectivity index (χ2v) is 5.22. The van der Waals surface area contributed by atoms with Crippen LogP contribution in [-0.4, -0.2) is 19.3 Å². The summed E-state index contributed by atoms with van der Waals surface area (Å²) < 4.78 is 5.09. The van der Waals surface area contributed by atoms with Crippen LogP contribution in [0.2, 0.25) is 0 Å². The second kappa shape index (κ2) is 5.54. The maximum Gasteiger partial charge on any atom is 0.274 e. The Balaban J connectivity index is 0.00000225. The zero-order valence-electron chi connectivity index (χ0n) is 10.1. The van der Waals surface area contributed by atoms with Crippen molar-refractivity contribution in [2.45, 2.75) is 32.7 Å². The van der Waals surface area contributed by atoms with Crippen molar-refractivity contribution in [2.75, 3.05) is 0 Å². The number of nitrogens with zero attached hydrogens (tertiary/aromatic N) is 4. The smallest absolute Gasteiger partial charge is 0.274 e. The molecule has 0 saturated heterocycles. The van der Waals surface area contributed by atoms with Crippen molar-refractivity contribution in [1.82, 2.24) is 13.7 Å². The topological polar surface area (TPSA) is 24.9 Å². The Morgan fingerprint density at radius 3 is 2.25 bits per heavy atom. The van der Waals surface area contributed by atoms with Crippen LogP contribution in [0.3, 0.4) is 0 Å². The van der Waals surface area contributed by atoms with Gasteiger partial charge in [-0.1, -0.05) is 0 Å². The molecule has 0 spiro atoms. The van der Waals surface area contributed by atoms with Gasteiger partial charge in [-0.15, -0.1) is 8.62 Å². The van der Waals surface area contributed by atoms with Gasteiger partial charge in [0.25, 0.3) is 5.82 Å². The lowest BCUT2D eigenvalue weighted by Crippen LogP contribution is -3.00. The van der Waals surface area contributed by atoms with E-state index in [9.17, 15) is 0 Å². The molecule has 0 atom stereocenters. The number of hydrogen-bond donors (Lipinski definition) is 0. The van der Waals surface area contributed by atoms with Crippen molar-refractivity contribution in [3.63, 3.8) is 0 Å². The third kappa shape index (κ3) is 3.23. The Morgan fingerprint density at radius 2 is 1.94 bits per heavy atom. The number of rotatable bonds is 3. The predicted molar refractivity (Wildman–Crippen MR) is 60.4 cm³/mol. The molecule has 1 heterocycles. The fourth-order valence-electron chi connectivity index (χ4n) is 1.43. The van der Waals surface area contributed by atoms with Gasteiger partial charge in [0.1, 0.15) is 0 Å². The lowest BCUT2D eigenvalue weighted by molar-refractivity contribution is -0.686. The number of hydrogen-bond acceptors (Lipinski definition) is 2. The molecule has 0 amide bonds. The van der Waals surface area contributed by atoms with E-state index in [0.717, 1.165) is 18.1 Å². The molecule has 0 bridgehead atoms. The van der Waals surface area contributed by atoms with Gasteiger partial charge in [0.05, 0.1) is 26.1 Å². The van der Waals surface area contributed by atoms with E-state index in [1.165, 1.54) is 3.94 Å². The lowest BCUT2D eigenvalue weighted by Gasteiger charge is -2.25. The third-order valence-corrected chi connectivity index (χ3v) is 3.50. The zero-order chi connectivity index (χ0) is 11.8. The molecule has 0 unspecified atom stereocenters. The SMILES string of the molecule is Cc1nn(C)c(CC(C)(C)N(Cl)Cl)[n+]1C.[Cl-]. The van der Waals surface area contributed by atoms with Gasteiger partial charge < -0.3 is 12.4 Å². The summed E-state index contributed by atoms with van der Waals surface area (Å²) in [6.07, 6.45) is 0.730. The largest absolute Gasteiger partial charge is 1.00 e. The van der Waals surface area contributed by atoms with Gasteiger partial charge in [-0.05, 0) is 37.4 Å². The molecule has 7 heteroatoms. The Kier molecular flexibility index (Phi) is 5.53. The first kappa shape index (κ1) is 16.0. The third-order valence-electron chi connectivity index (χ3n) is 2.59. The van der Waals surface area contributed by atoms with Crippen molar-refractivity contribution < 1.29 is 17.0 Å². The van der Waals surface area contributed by atoms with Crippen LogP contribution in [0.4, 0.5) is 0 Å². The van der Waals surface area contributed by atoms with Crippen LogP contribution in [0.15, 0.2) is 0 Å². The maximum absolute atomic E-state index is 5.79. The minimum absolute atomic E-state index is 0. The maximum atomic E-state index is 5.79. The van der Waals surface area contributed by atoms with Gasteiger partial charge in [0, 0.05) is 12.0 Å². The van der Waals surface area contributed by atoms with Crippen molar-refractivity contribution in [2.24, 2.45) is 14.1 Å². The van der Waals surface area contributed by atoms with Crippen LogP contribution in [0, 0.1) is 6.92 Å². The zero-order valence-corrected chi connectivity index (χ0v) is 12.4. The quantitative estimate of drug-likeness (QED) is 0.499. The average molecular weight is 288 g/mol. The van der Waals surface area contributed by atoms with E-state index in [1.54, 1.807) is 0 Å². The molecule has 0 fully saturated rings. The van der Waals surface area contributed by atoms with Crippen LogP contribution in [0.25, 0.3) is 0 Å². The number of halogens is 3. The van der Waals surface area contributed by atoms with Crippen molar-refractivity contribution >= 4 is 23.6 Å². The molecule has 1 rings (SSSR count). The summed E-state index contributed by atoms with van der Waals surface area (Å²) in [5, 5.41) is 4.33. The average Bonchev–Trinajstić information content (AvgIpc) is 2.32. The molecule has 1 aromatic heterocycles. The van der Waals surface area contributed by atoms with E-state index in [0.29, 0.717) is 0 Å². The summed E-state index contributed by atoms with van der Waals surface area (Å²) in [4.78, 5) is 0. The summed E-state index contributed by atoms with van der Waals surface area (Å²) >= 11 is 11.6. The number of aromatic nitrogens is 3. The normalized spacial score (nSPS) is 11.8. The Bertz CT molecular complexity index is 360. The molecular weight excluding hydrogens is 270 g/mol. The highest BCUT2D eigenvalue weighted by atomic mass is 35.5. The van der Waals surface area contributed by atoms with Gasteiger partial charge in [-0.3, -0.25) is 0 Å². The van der Waals surface area contributed by atoms with Crippen LogP contribution in [0.1, 0.15) is 25.5 Å². The van der Waals surface area contributed by atoms with Crippen molar-refractivity contribution in [1.29, 1.82) is 0 Å². The van der Waals surface area contributed by atoms with Crippen LogP contribution >= 0.6 is 23.6 Å². The van der Waals surface area contributed by atoms with E-state index in [-0.39, 0.29) is 17.9 Å². The van der Waals surface area contributed by atoms with E-state index >= 15 is 0 Å². The van der Waals surface area contributed by atoms with E-state index in [2.05, 4.69) is 5.10 Å². The summed E-state index contributed by atoms with van der Waals surface area (Å²) in [5.74, 6) is 2.06. The van der Waals surface area contributed by atoms with Crippen LogP contribution in [-0.2, 0) is 20.5 Å². The van der Waals surface area contributed by atoms with Gasteiger partial charge in [0.15, 0.2) is 0 Å². The second-order valence-electron chi connectivity index (χ2n) is 4.37. The first-order valence-corrected chi connectivity index (χ1v) is 5.43. The molecule has 0 aliphatic heterocycles. The Labute approximate surface area is 113 Å². The summed E-state index contributed by atoms with van der Waals surface area (Å²) in [5.41, 5.74) is -0.318. The Morgan fingerprint density at radius 1 is 1.44 bits per heavy atom. The molecule has 16 heavy (non-hydrogen) atoms. The lowest BCUT2D eigenvalue weighted by atomic mass is 10.0. The molecule has 4 nitrogen and oxygen atoms in total. The fourth-order valence-corrected chi connectivity index (χ4v) is 1.54. The summed E-state index contributed by atoms with van der Waals surface area (Å²) in [6, 6.07) is 0. The molecular formula is C9H17Cl3N4. The summed E-state index contributed by atoms with van der Waals surface area (Å²) in [6.45, 7) is 5.93. The highest BCUT2D eigenvalue weighted by Gasteiger charge is 2.31. The van der Waals surface area contributed by atoms with Gasteiger partial charge in [-0.25, -0.2) is 4.57 Å². The monoisotopic (exact) mass is 286 g/mol. The first-order valence-electron chi connectivity index (χ1n) is 4.76. The highest BCUT2D eigenvalue weighted by molar-refractivity contribution is 6.34. The molecule has 0 aromatic carbocycles. The van der Waals surface area contributed by atoms with E-state index in [4.69, 9.17) is 23.6 Å². The van der Waals surface area contributed by atoms with Gasteiger partial charge in [0.2, 0.25) is 5.82 Å².